The molecule has 54 valence electrons. The highest BCUT2D eigenvalue weighted by atomic mass is 31.1. The summed E-state index contributed by atoms with van der Waals surface area (Å²) in [5.41, 5.74) is 10.1. The van der Waals surface area contributed by atoms with E-state index in [-0.39, 0.29) is 13.7 Å². The van der Waals surface area contributed by atoms with E-state index < -0.39 is 8.03 Å². The van der Waals surface area contributed by atoms with Crippen molar-refractivity contribution in [3.8, 4) is 0 Å². The number of rotatable bonds is 2. The first-order chi connectivity index (χ1) is 4.04. The molecule has 0 aliphatic heterocycles. The second-order valence-corrected chi connectivity index (χ2v) is 2.55. The van der Waals surface area contributed by atoms with Crippen molar-refractivity contribution < 1.29 is 15.5 Å². The molecule has 0 aromatic rings. The first-order valence-electron chi connectivity index (χ1n) is 2.25. The maximum absolute atomic E-state index is 9.99. The second kappa shape index (κ2) is 3.37. The van der Waals surface area contributed by atoms with Crippen LogP contribution in [-0.4, -0.2) is 23.9 Å². The molecule has 0 bridgehead atoms. The number of hydrogen-bond donors (Lipinski definition) is 2. The zero-order chi connectivity index (χ0) is 7.44. The van der Waals surface area contributed by atoms with Crippen LogP contribution in [0.1, 0.15) is 1.43 Å². The smallest absolute Gasteiger partial charge is 0.346 e. The van der Waals surface area contributed by atoms with E-state index in [0.29, 0.717) is 0 Å². The largest absolute Gasteiger partial charge is 0.593 e. The van der Waals surface area contributed by atoms with Gasteiger partial charge in [0.1, 0.15) is 0 Å². The van der Waals surface area contributed by atoms with Crippen LogP contribution in [0.15, 0.2) is 0 Å². The molecule has 0 aromatic heterocycles. The van der Waals surface area contributed by atoms with Gasteiger partial charge in [-0.05, 0) is 0 Å². The lowest BCUT2D eigenvalue weighted by Gasteiger charge is -1.93. The Balaban J connectivity index is 0. The van der Waals surface area contributed by atoms with Gasteiger partial charge in [-0.2, -0.15) is 0 Å². The summed E-state index contributed by atoms with van der Waals surface area (Å²) in [7, 11) is -0.927. The average molecular weight is 152 g/mol. The van der Waals surface area contributed by atoms with E-state index in [0.717, 1.165) is 0 Å². The van der Waals surface area contributed by atoms with Gasteiger partial charge in [-0.15, -0.1) is 0 Å². The zero-order valence-corrected chi connectivity index (χ0v) is 5.97. The SMILES string of the molecule is C[N+](C[P+](=O)[O-])=C(N)N.[HH]. The Morgan fingerprint density at radius 1 is 1.89 bits per heavy atom. The molecule has 0 saturated carbocycles. The Morgan fingerprint density at radius 3 is 2.44 bits per heavy atom. The predicted molar refractivity (Wildman–Crippen MR) is 34.2 cm³/mol. The van der Waals surface area contributed by atoms with Crippen LogP contribution in [0.5, 0.6) is 0 Å². The van der Waals surface area contributed by atoms with Gasteiger partial charge in [0.25, 0.3) is 6.29 Å². The molecule has 4 N–H and O–H groups in total. The molecular formula is C3H11N3O2P+. The van der Waals surface area contributed by atoms with Crippen LogP contribution < -0.4 is 16.4 Å². The lowest BCUT2D eigenvalue weighted by Crippen LogP contribution is -2.34. The monoisotopic (exact) mass is 152 g/mol. The Kier molecular flexibility index (Phi) is 3.12. The summed E-state index contributed by atoms with van der Waals surface area (Å²) in [6, 6.07) is 0. The predicted octanol–water partition coefficient (Wildman–Crippen LogP) is -1.79. The number of nitrogens with zero attached hydrogens (tertiary/aromatic N) is 1. The molecule has 0 aliphatic carbocycles. The molecule has 6 heteroatoms. The van der Waals surface area contributed by atoms with Crippen molar-refractivity contribution in [2.45, 2.75) is 0 Å². The van der Waals surface area contributed by atoms with E-state index in [4.69, 9.17) is 11.5 Å². The van der Waals surface area contributed by atoms with Crippen LogP contribution >= 0.6 is 8.03 Å². The Labute approximate surface area is 55.3 Å². The van der Waals surface area contributed by atoms with Crippen LogP contribution in [-0.2, 0) is 4.57 Å². The highest BCUT2D eigenvalue weighted by molar-refractivity contribution is 7.36. The molecule has 0 saturated heterocycles. The molecule has 1 unspecified atom stereocenters. The van der Waals surface area contributed by atoms with Gasteiger partial charge in [-0.3, -0.25) is 11.5 Å². The highest BCUT2D eigenvalue weighted by Crippen LogP contribution is 2.03. The summed E-state index contributed by atoms with van der Waals surface area (Å²) in [6.45, 7) is 0. The highest BCUT2D eigenvalue weighted by Gasteiger charge is 2.05. The second-order valence-electron chi connectivity index (χ2n) is 1.60. The number of hydrogen-bond acceptors (Lipinski definition) is 2. The summed E-state index contributed by atoms with van der Waals surface area (Å²) in [5, 5.41) is 0. The average Bonchev–Trinajstić information content (AvgIpc) is 1.63. The Morgan fingerprint density at radius 2 is 2.33 bits per heavy atom. The first-order valence-corrected chi connectivity index (χ1v) is 3.61. The maximum atomic E-state index is 9.99. The third-order valence-corrected chi connectivity index (χ3v) is 1.42. The van der Waals surface area contributed by atoms with E-state index in [1.165, 1.54) is 11.6 Å². The minimum atomic E-state index is -2.43. The molecule has 0 rings (SSSR count). The molecule has 0 radical (unpaired) electrons. The molecule has 0 heterocycles. The van der Waals surface area contributed by atoms with Gasteiger partial charge in [-0.25, -0.2) is 4.58 Å². The fraction of sp³-hybridized carbons (Fsp3) is 0.667. The topological polar surface area (TPSA) is 95.2 Å². The van der Waals surface area contributed by atoms with Crippen LogP contribution in [0, 0.1) is 0 Å². The molecule has 9 heavy (non-hydrogen) atoms. The van der Waals surface area contributed by atoms with E-state index in [2.05, 4.69) is 0 Å². The van der Waals surface area contributed by atoms with Crippen molar-refractivity contribution in [3.05, 3.63) is 0 Å². The van der Waals surface area contributed by atoms with Gasteiger partial charge in [0.2, 0.25) is 0 Å². The summed E-state index contributed by atoms with van der Waals surface area (Å²) in [6.07, 6.45) is -0.127. The molecule has 0 aromatic carbocycles. The third-order valence-electron chi connectivity index (χ3n) is 0.768. The van der Waals surface area contributed by atoms with E-state index in [1.807, 2.05) is 0 Å². The first kappa shape index (κ1) is 8.33. The van der Waals surface area contributed by atoms with Gasteiger partial charge in [0, 0.05) is 1.43 Å². The normalized spacial score (nSPS) is 10.7. The molecule has 1 atom stereocenters. The van der Waals surface area contributed by atoms with Gasteiger partial charge in [-0.1, -0.05) is 4.57 Å². The number of guanidine groups is 1. The van der Waals surface area contributed by atoms with Crippen molar-refractivity contribution in [1.29, 1.82) is 0 Å². The minimum Gasteiger partial charge on any atom is -0.593 e. The Hall–Kier alpha value is -0.670. The van der Waals surface area contributed by atoms with Crippen LogP contribution in [0.25, 0.3) is 0 Å². The van der Waals surface area contributed by atoms with Crippen LogP contribution in [0.2, 0.25) is 0 Å². The zero-order valence-electron chi connectivity index (χ0n) is 5.07. The molecule has 0 spiro atoms. The summed E-state index contributed by atoms with van der Waals surface area (Å²) < 4.78 is 11.2. The standard InChI is InChI=1S/C3H8N3O2P.H2/c1-6(3(4)5)2-9(7)8;/h2H2,1H3,(H3,4,5);1H/p+1. The van der Waals surface area contributed by atoms with Crippen LogP contribution in [0.4, 0.5) is 0 Å². The van der Waals surface area contributed by atoms with E-state index in [1.54, 1.807) is 0 Å². The van der Waals surface area contributed by atoms with Crippen molar-refractivity contribution in [2.75, 3.05) is 13.3 Å². The van der Waals surface area contributed by atoms with Gasteiger partial charge in [0.15, 0.2) is 0 Å². The van der Waals surface area contributed by atoms with Gasteiger partial charge >= 0.3 is 14.0 Å². The fourth-order valence-electron chi connectivity index (χ4n) is 0.255. The summed E-state index contributed by atoms with van der Waals surface area (Å²) in [5.74, 6) is 0.00852. The molecular weight excluding hydrogens is 141 g/mol. The number of nitrogens with two attached hydrogens (primary N) is 2. The van der Waals surface area contributed by atoms with Crippen molar-refractivity contribution in [1.82, 2.24) is 0 Å². The lowest BCUT2D eigenvalue weighted by molar-refractivity contribution is -0.483. The molecule has 0 amide bonds. The Bertz CT molecular complexity index is 156. The fourth-order valence-corrected chi connectivity index (χ4v) is 0.765. The van der Waals surface area contributed by atoms with Crippen LogP contribution in [0.3, 0.4) is 0 Å². The van der Waals surface area contributed by atoms with Crippen molar-refractivity contribution >= 4 is 14.0 Å². The quantitative estimate of drug-likeness (QED) is 0.211. The third kappa shape index (κ3) is 3.88. The van der Waals surface area contributed by atoms with Gasteiger partial charge in [0.05, 0.1) is 7.05 Å². The maximum Gasteiger partial charge on any atom is 0.346 e. The molecule has 0 fully saturated rings. The van der Waals surface area contributed by atoms with Crippen molar-refractivity contribution in [3.63, 3.8) is 0 Å². The summed E-state index contributed by atoms with van der Waals surface area (Å²) in [4.78, 5) is 9.99. The minimum absolute atomic E-state index is 0. The van der Waals surface area contributed by atoms with Gasteiger partial charge < -0.3 is 4.89 Å². The molecule has 0 aliphatic rings. The molecule has 5 nitrogen and oxygen atoms in total. The van der Waals surface area contributed by atoms with E-state index >= 15 is 0 Å². The van der Waals surface area contributed by atoms with Crippen molar-refractivity contribution in [2.24, 2.45) is 11.5 Å². The lowest BCUT2D eigenvalue weighted by atomic mass is 10.9. The summed E-state index contributed by atoms with van der Waals surface area (Å²) >= 11 is 0. The van der Waals surface area contributed by atoms with E-state index in [9.17, 15) is 9.46 Å².